The lowest BCUT2D eigenvalue weighted by Crippen LogP contribution is -2.28. The summed E-state index contributed by atoms with van der Waals surface area (Å²) in [6, 6.07) is 5.36. The van der Waals surface area contributed by atoms with Crippen molar-refractivity contribution in [3.8, 4) is 6.07 Å². The highest BCUT2D eigenvalue weighted by atomic mass is 16.2. The maximum Gasteiger partial charge on any atom is 0.253 e. The first kappa shape index (κ1) is 15.0. The highest BCUT2D eigenvalue weighted by Crippen LogP contribution is 2.23. The van der Waals surface area contributed by atoms with Crippen molar-refractivity contribution >= 4 is 11.7 Å². The van der Waals surface area contributed by atoms with Crippen molar-refractivity contribution in [2.24, 2.45) is 0 Å². The Morgan fingerprint density at radius 3 is 2.63 bits per heavy atom. The highest BCUT2D eigenvalue weighted by Gasteiger charge is 2.20. The summed E-state index contributed by atoms with van der Waals surface area (Å²) in [6.07, 6.45) is 0.314. The Bertz CT molecular complexity index is 511. The number of carbonyl (C=O) groups is 1. The van der Waals surface area contributed by atoms with Gasteiger partial charge in [-0.3, -0.25) is 4.79 Å². The molecule has 0 spiro atoms. The van der Waals surface area contributed by atoms with Gasteiger partial charge < -0.3 is 10.6 Å². The topological polar surface area (TPSA) is 83.0 Å². The first-order chi connectivity index (χ1) is 8.75. The first-order valence-corrected chi connectivity index (χ1v) is 6.16. The van der Waals surface area contributed by atoms with Crippen LogP contribution in [0.1, 0.15) is 43.2 Å². The average Bonchev–Trinajstić information content (AvgIpc) is 2.33. The van der Waals surface area contributed by atoms with E-state index in [1.807, 2.05) is 26.8 Å². The fourth-order valence-corrected chi connectivity index (χ4v) is 1.60. The molecule has 1 heterocycles. The zero-order valence-electron chi connectivity index (χ0n) is 11.9. The van der Waals surface area contributed by atoms with Gasteiger partial charge in [0.2, 0.25) is 0 Å². The van der Waals surface area contributed by atoms with Crippen molar-refractivity contribution in [1.82, 2.24) is 9.88 Å². The van der Waals surface area contributed by atoms with Crippen LogP contribution in [-0.4, -0.2) is 29.4 Å². The van der Waals surface area contributed by atoms with Crippen LogP contribution < -0.4 is 5.73 Å². The lowest BCUT2D eigenvalue weighted by molar-refractivity contribution is 0.0798. The maximum atomic E-state index is 12.2. The molecule has 0 radical (unpaired) electrons. The number of hydrogen-bond donors (Lipinski definition) is 1. The molecule has 0 unspecified atom stereocenters. The van der Waals surface area contributed by atoms with Crippen molar-refractivity contribution < 1.29 is 4.79 Å². The molecule has 102 valence electrons. The minimum atomic E-state index is -0.171. The second-order valence-corrected chi connectivity index (χ2v) is 5.55. The number of nitriles is 1. The van der Waals surface area contributed by atoms with Crippen molar-refractivity contribution in [3.05, 3.63) is 23.4 Å². The minimum Gasteiger partial charge on any atom is -0.384 e. The van der Waals surface area contributed by atoms with E-state index in [0.29, 0.717) is 24.3 Å². The van der Waals surface area contributed by atoms with E-state index in [0.717, 1.165) is 5.69 Å². The number of rotatable bonds is 3. The highest BCUT2D eigenvalue weighted by molar-refractivity contribution is 5.94. The third-order valence-electron chi connectivity index (χ3n) is 2.77. The summed E-state index contributed by atoms with van der Waals surface area (Å²) in [4.78, 5) is 18.0. The molecule has 0 aliphatic heterocycles. The molecule has 0 bridgehead atoms. The Morgan fingerprint density at radius 1 is 1.47 bits per heavy atom. The zero-order valence-corrected chi connectivity index (χ0v) is 11.9. The molecule has 0 saturated heterocycles. The molecule has 0 atom stereocenters. The second-order valence-electron chi connectivity index (χ2n) is 5.55. The van der Waals surface area contributed by atoms with E-state index >= 15 is 0 Å². The van der Waals surface area contributed by atoms with Gasteiger partial charge in [0.25, 0.3) is 5.91 Å². The summed E-state index contributed by atoms with van der Waals surface area (Å²) in [5.74, 6) is 0.194. The number of pyridine rings is 1. The van der Waals surface area contributed by atoms with Crippen LogP contribution in [0, 0.1) is 11.3 Å². The van der Waals surface area contributed by atoms with E-state index in [2.05, 4.69) is 4.98 Å². The van der Waals surface area contributed by atoms with Crippen molar-refractivity contribution in [1.29, 1.82) is 5.26 Å². The van der Waals surface area contributed by atoms with Crippen LogP contribution in [-0.2, 0) is 5.41 Å². The lowest BCUT2D eigenvalue weighted by atomic mass is 9.90. The van der Waals surface area contributed by atoms with Crippen LogP contribution in [0.2, 0.25) is 0 Å². The molecule has 0 aliphatic rings. The second kappa shape index (κ2) is 5.70. The molecule has 19 heavy (non-hydrogen) atoms. The Labute approximate surface area is 114 Å². The van der Waals surface area contributed by atoms with Gasteiger partial charge in [-0.15, -0.1) is 0 Å². The summed E-state index contributed by atoms with van der Waals surface area (Å²) < 4.78 is 0. The van der Waals surface area contributed by atoms with Gasteiger partial charge in [-0.25, -0.2) is 4.98 Å². The number of nitrogen functional groups attached to an aromatic ring is 1. The molecule has 1 aromatic rings. The van der Waals surface area contributed by atoms with Crippen LogP contribution in [0.5, 0.6) is 0 Å². The number of nitrogens with two attached hydrogens (primary N) is 1. The molecular formula is C14H20N4O. The lowest BCUT2D eigenvalue weighted by Gasteiger charge is -2.21. The summed E-state index contributed by atoms with van der Waals surface area (Å²) in [5.41, 5.74) is 6.88. The Hall–Kier alpha value is -2.09. The molecule has 1 rings (SSSR count). The van der Waals surface area contributed by atoms with E-state index in [1.54, 1.807) is 19.2 Å². The molecular weight excluding hydrogens is 240 g/mol. The Balaban J connectivity index is 3.04. The van der Waals surface area contributed by atoms with Crippen molar-refractivity contribution in [2.75, 3.05) is 19.3 Å². The molecule has 0 saturated carbocycles. The summed E-state index contributed by atoms with van der Waals surface area (Å²) in [5, 5.41) is 8.54. The Kier molecular flexibility index (Phi) is 4.49. The number of amides is 1. The van der Waals surface area contributed by atoms with Gasteiger partial charge in [-0.1, -0.05) is 20.8 Å². The van der Waals surface area contributed by atoms with Gasteiger partial charge in [0.05, 0.1) is 12.5 Å². The van der Waals surface area contributed by atoms with Crippen LogP contribution in [0.4, 0.5) is 5.82 Å². The summed E-state index contributed by atoms with van der Waals surface area (Å²) in [6.45, 7) is 6.45. The number of carbonyl (C=O) groups excluding carboxylic acids is 1. The van der Waals surface area contributed by atoms with Gasteiger partial charge in [0.15, 0.2) is 0 Å². The van der Waals surface area contributed by atoms with Crippen LogP contribution in [0.25, 0.3) is 0 Å². The van der Waals surface area contributed by atoms with Gasteiger partial charge in [-0.2, -0.15) is 5.26 Å². The van der Waals surface area contributed by atoms with Crippen molar-refractivity contribution in [2.45, 2.75) is 32.6 Å². The molecule has 0 fully saturated rings. The number of hydrogen-bond acceptors (Lipinski definition) is 4. The molecule has 1 aromatic heterocycles. The third-order valence-corrected chi connectivity index (χ3v) is 2.77. The van der Waals surface area contributed by atoms with E-state index in [4.69, 9.17) is 11.0 Å². The van der Waals surface area contributed by atoms with Gasteiger partial charge in [0.1, 0.15) is 5.82 Å². The molecule has 5 heteroatoms. The zero-order chi connectivity index (χ0) is 14.6. The largest absolute Gasteiger partial charge is 0.384 e. The van der Waals surface area contributed by atoms with E-state index in [1.165, 1.54) is 4.90 Å². The number of nitrogens with zero attached hydrogens (tertiary/aromatic N) is 3. The molecule has 0 aromatic carbocycles. The Morgan fingerprint density at radius 2 is 2.11 bits per heavy atom. The smallest absolute Gasteiger partial charge is 0.253 e. The SMILES string of the molecule is CN(CCC#N)C(=O)c1cc(N)nc(C(C)(C)C)c1. The standard InChI is InChI=1S/C14H20N4O/c1-14(2,3)11-8-10(9-12(16)17-11)13(19)18(4)7-5-6-15/h8-9H,5,7H2,1-4H3,(H2,16,17). The third kappa shape index (κ3) is 3.95. The predicted octanol–water partition coefficient (Wildman–Crippen LogP) is 1.95. The molecule has 5 nitrogen and oxygen atoms in total. The van der Waals surface area contributed by atoms with Gasteiger partial charge in [-0.05, 0) is 12.1 Å². The van der Waals surface area contributed by atoms with E-state index < -0.39 is 0 Å². The van der Waals surface area contributed by atoms with Gasteiger partial charge in [0, 0.05) is 30.3 Å². The molecule has 0 aliphatic carbocycles. The fourth-order valence-electron chi connectivity index (χ4n) is 1.60. The van der Waals surface area contributed by atoms with Crippen molar-refractivity contribution in [3.63, 3.8) is 0 Å². The first-order valence-electron chi connectivity index (χ1n) is 6.16. The monoisotopic (exact) mass is 260 g/mol. The fraction of sp³-hybridized carbons (Fsp3) is 0.500. The van der Waals surface area contributed by atoms with Gasteiger partial charge >= 0.3 is 0 Å². The van der Waals surface area contributed by atoms with Crippen LogP contribution >= 0.6 is 0 Å². The average molecular weight is 260 g/mol. The van der Waals surface area contributed by atoms with E-state index in [9.17, 15) is 4.79 Å². The van der Waals surface area contributed by atoms with Crippen LogP contribution in [0.15, 0.2) is 12.1 Å². The normalized spacial score (nSPS) is 10.9. The molecule has 2 N–H and O–H groups in total. The minimum absolute atomic E-state index is 0.144. The summed E-state index contributed by atoms with van der Waals surface area (Å²) in [7, 11) is 1.67. The predicted molar refractivity (Wildman–Crippen MR) is 74.5 cm³/mol. The molecule has 1 amide bonds. The number of anilines is 1. The quantitative estimate of drug-likeness (QED) is 0.900. The van der Waals surface area contributed by atoms with E-state index in [-0.39, 0.29) is 11.3 Å². The van der Waals surface area contributed by atoms with Crippen LogP contribution in [0.3, 0.4) is 0 Å². The summed E-state index contributed by atoms with van der Waals surface area (Å²) >= 11 is 0. The number of aromatic nitrogens is 1. The maximum absolute atomic E-state index is 12.2.